The molecule has 17 atom stereocenters. The number of guanidine groups is 5. The largest absolute Gasteiger partial charge is 0.370 e. The highest BCUT2D eigenvalue weighted by atomic mass is 33.1. The van der Waals surface area contributed by atoms with Crippen LogP contribution in [0.1, 0.15) is 131 Å². The second-order valence-corrected chi connectivity index (χ2v) is 41.3. The van der Waals surface area contributed by atoms with Gasteiger partial charge in [0.15, 0.2) is 29.8 Å². The Labute approximate surface area is 822 Å². The second-order valence-electron chi connectivity index (χ2n) is 33.6. The number of fused-ring (bicyclic) bond motifs is 15. The summed E-state index contributed by atoms with van der Waals surface area (Å²) >= 11 is 0. The summed E-state index contributed by atoms with van der Waals surface area (Å²) in [7, 11) is 4.98. The molecule has 18 amide bonds. The molecule has 4 fully saturated rings. The monoisotopic (exact) mass is 2050 g/mol. The van der Waals surface area contributed by atoms with Crippen molar-refractivity contribution < 1.29 is 86.3 Å². The standard InChI is InChI=1S/C81H135N33O18S6/c1-8-41(6)60-76(132)112-51-33-133-134-35-53(110-68(124)50(30-43-17-10-9-11-18-43)100-57(115)31-97-62(118)44(19-12-24-92-77(82)83)101-61(117)42(7)99-69(51)125)71(127)104-47(22-15-27-95-80(88)89)65(121)107-54-36-136-138-38-56(74(130)114-60)108-66(122)48(23-16-28-96-81(90)91)105-72(128)55-37-137-135-34-52(109-67(123)49(29-39(2)3)106-73(54)129)70(126)103-46(21-14-26-94-79(86)87)64(120)102-45(20-13-25-93-78(84)85)63(119)98-32-58(116)113-59(40(4)5)75(131)111-55/h9-11,17-18,39-42,44-56,59-60H,8,12-16,19-38H2,1-7H3,(H,97,118)(H,98,119)(H,99,125)(H,100,115)(H,101,117)(H,102,120)(H,103,126)(H,104,127)(H,105,128)(H,106,129)(H,107,121)(H,108,122)(H,109,123)(H,110,124)(H,111,131)(H,112,132)(H,113,116)(H,114,130)(H4,82,83,92)(H4,84,85,93)(H4,86,87,94)(H4,88,89,95)(H4,90,91,96)/t41-,42-,44-,45-,46-,47-,48-,49-,50-,51-,52-,53-,54-,55-,56-,59-,60-/m0/s1. The number of carbonyl (C=O) groups excluding carboxylic acids is 18. The Hall–Kier alpha value is -11.9. The fraction of sp³-hybridized carbons (Fsp3) is 0.642. The van der Waals surface area contributed by atoms with E-state index in [1.54, 1.807) is 71.9 Å². The van der Waals surface area contributed by atoms with E-state index < -0.39 is 298 Å². The summed E-state index contributed by atoms with van der Waals surface area (Å²) < 4.78 is 0. The molecule has 0 aromatic heterocycles. The Morgan fingerprint density at radius 2 is 0.601 bits per heavy atom. The quantitative estimate of drug-likeness (QED) is 0.0168. The predicted octanol–water partition coefficient (Wildman–Crippen LogP) is -8.50. The highest BCUT2D eigenvalue weighted by Crippen LogP contribution is 2.28. The van der Waals surface area contributed by atoms with E-state index in [2.05, 4.69) is 122 Å². The van der Waals surface area contributed by atoms with Gasteiger partial charge >= 0.3 is 0 Å². The molecule has 0 saturated carbocycles. The second kappa shape index (κ2) is 61.5. The third-order valence-electron chi connectivity index (χ3n) is 21.5. The summed E-state index contributed by atoms with van der Waals surface area (Å²) in [5.41, 5.74) is 28.5. The Balaban J connectivity index is 1.85. The van der Waals surface area contributed by atoms with Gasteiger partial charge in [0.1, 0.15) is 96.7 Å². The van der Waals surface area contributed by atoms with Crippen LogP contribution in [-0.2, 0) is 92.7 Å². The average Bonchev–Trinajstić information content (AvgIpc) is 0.844. The first kappa shape index (κ1) is 117. The smallest absolute Gasteiger partial charge is 0.244 e. The lowest BCUT2D eigenvalue weighted by Crippen LogP contribution is -2.62. The SMILES string of the molecule is CC[C@H](C)[C@@H]1NC(=O)[C@@H]2CSSC[C@H](NC(=O)[C@H](CCCNC(=N)N)NC(=O)[C@@H]3CSSC[C@H](NC1=O)C(=O)N[C@@H](C)C(=O)N[C@@H](CCCNC(=N)N)C(=O)NCC(=O)N[C@@H](Cc1ccccc1)C(=O)N3)C(=O)N[C@@H](CC(C)C)C(=O)N[C@H]1CSSC[C@H](NC(=O)[C@H](C(C)C)NC(=O)CNC(=O)[C@H](CCCNC(=N)N)NC(=O)[C@H](CCCNC(=N)N)NC1=O)C(=O)N[C@@H](CCCNC(=N)N)C(=O)N2. The zero-order valence-electron chi connectivity index (χ0n) is 77.9. The number of carbonyl (C=O) groups is 18. The summed E-state index contributed by atoms with van der Waals surface area (Å²) in [6, 6.07) is -17.8. The molecule has 1 aromatic rings. The van der Waals surface area contributed by atoms with Crippen LogP contribution in [0.15, 0.2) is 30.3 Å². The van der Waals surface area contributed by atoms with E-state index in [-0.39, 0.29) is 116 Å². The molecule has 0 aliphatic carbocycles. The lowest BCUT2D eigenvalue weighted by molar-refractivity contribution is -0.136. The number of amides is 18. The molecule has 4 saturated heterocycles. The molecule has 38 N–H and O–H groups in total. The molecule has 51 nitrogen and oxygen atoms in total. The van der Waals surface area contributed by atoms with Crippen LogP contribution >= 0.6 is 64.8 Å². The molecule has 138 heavy (non-hydrogen) atoms. The van der Waals surface area contributed by atoms with Crippen molar-refractivity contribution in [2.24, 2.45) is 46.4 Å². The molecule has 4 aliphatic heterocycles. The van der Waals surface area contributed by atoms with Gasteiger partial charge < -0.3 is 151 Å². The maximum Gasteiger partial charge on any atom is 0.244 e. The van der Waals surface area contributed by atoms with Gasteiger partial charge in [0.25, 0.3) is 0 Å². The van der Waals surface area contributed by atoms with Crippen LogP contribution in [0.2, 0.25) is 0 Å². The number of nitrogens with two attached hydrogens (primary N) is 5. The first-order valence-electron chi connectivity index (χ1n) is 45.0. The first-order chi connectivity index (χ1) is 65.4. The normalized spacial score (nSPS) is 26.0. The fourth-order valence-electron chi connectivity index (χ4n) is 13.7. The predicted molar refractivity (Wildman–Crippen MR) is 527 cm³/mol. The zero-order chi connectivity index (χ0) is 102. The van der Waals surface area contributed by atoms with E-state index in [1.807, 2.05) is 0 Å². The molecule has 768 valence electrons. The molecule has 6 bridgehead atoms. The molecule has 0 unspecified atom stereocenters. The van der Waals surface area contributed by atoms with Crippen LogP contribution in [0, 0.1) is 44.8 Å². The maximum atomic E-state index is 15.7. The van der Waals surface area contributed by atoms with Crippen molar-refractivity contribution in [1.29, 1.82) is 27.0 Å². The molecule has 0 radical (unpaired) electrons. The van der Waals surface area contributed by atoms with Gasteiger partial charge in [-0.15, -0.1) is 0 Å². The van der Waals surface area contributed by atoms with E-state index in [0.29, 0.717) is 5.56 Å². The van der Waals surface area contributed by atoms with Crippen molar-refractivity contribution in [2.45, 2.75) is 229 Å². The van der Waals surface area contributed by atoms with E-state index in [4.69, 9.17) is 55.7 Å². The fourth-order valence-corrected chi connectivity index (χ4v) is 20.7. The van der Waals surface area contributed by atoms with Crippen molar-refractivity contribution >= 4 is 201 Å². The third kappa shape index (κ3) is 43.4. The number of nitrogens with one attached hydrogen (secondary N) is 28. The van der Waals surface area contributed by atoms with Gasteiger partial charge in [-0.25, -0.2) is 0 Å². The molecule has 4 heterocycles. The minimum absolute atomic E-state index is 0.0114. The molecule has 0 spiro atoms. The van der Waals surface area contributed by atoms with Crippen molar-refractivity contribution in [3.05, 3.63) is 35.9 Å². The van der Waals surface area contributed by atoms with Crippen LogP contribution in [0.5, 0.6) is 0 Å². The van der Waals surface area contributed by atoms with Gasteiger partial charge in [-0.1, -0.05) is 143 Å². The molecule has 4 aliphatic rings. The minimum Gasteiger partial charge on any atom is -0.370 e. The molecular weight excluding hydrogens is 1920 g/mol. The highest BCUT2D eigenvalue weighted by molar-refractivity contribution is 8.77. The van der Waals surface area contributed by atoms with Crippen molar-refractivity contribution in [3.63, 3.8) is 0 Å². The summed E-state index contributed by atoms with van der Waals surface area (Å²) in [6.45, 7) is 9.22. The number of hydrogen-bond donors (Lipinski definition) is 33. The maximum absolute atomic E-state index is 15.7. The van der Waals surface area contributed by atoms with Gasteiger partial charge in [0.2, 0.25) is 106 Å². The lowest BCUT2D eigenvalue weighted by atomic mass is 9.97. The third-order valence-corrected chi connectivity index (χ3v) is 28.7. The summed E-state index contributed by atoms with van der Waals surface area (Å²) in [5, 5.41) is 99.6. The van der Waals surface area contributed by atoms with E-state index in [1.165, 1.54) is 6.92 Å². The first-order valence-corrected chi connectivity index (χ1v) is 52.5. The van der Waals surface area contributed by atoms with Gasteiger partial charge in [0.05, 0.1) is 13.1 Å². The molecule has 57 heteroatoms. The van der Waals surface area contributed by atoms with Crippen molar-refractivity contribution in [1.82, 2.24) is 122 Å². The van der Waals surface area contributed by atoms with Crippen molar-refractivity contribution in [3.8, 4) is 0 Å². The van der Waals surface area contributed by atoms with Crippen LogP contribution in [0.3, 0.4) is 0 Å². The molecular formula is C81H135N33O18S6. The summed E-state index contributed by atoms with van der Waals surface area (Å²) in [6.07, 6.45) is -1.48. The summed E-state index contributed by atoms with van der Waals surface area (Å²) in [4.78, 5) is 270. The Bertz CT molecular complexity index is 4420. The number of rotatable bonds is 27. The van der Waals surface area contributed by atoms with Gasteiger partial charge in [0, 0.05) is 73.7 Å². The van der Waals surface area contributed by atoms with E-state index in [9.17, 15) is 38.4 Å². The molecule has 5 rings (SSSR count). The van der Waals surface area contributed by atoms with Crippen LogP contribution in [0.4, 0.5) is 0 Å². The van der Waals surface area contributed by atoms with E-state index >= 15 is 47.9 Å². The number of benzene rings is 1. The lowest BCUT2D eigenvalue weighted by Gasteiger charge is -2.30. The van der Waals surface area contributed by atoms with Crippen LogP contribution in [-0.4, -0.2) is 313 Å². The topological polar surface area (TPSA) is 833 Å². The highest BCUT2D eigenvalue weighted by Gasteiger charge is 2.42. The Morgan fingerprint density at radius 3 is 0.935 bits per heavy atom. The molecule has 1 aromatic carbocycles. The van der Waals surface area contributed by atoms with Crippen LogP contribution < -0.4 is 151 Å². The van der Waals surface area contributed by atoms with E-state index in [0.717, 1.165) is 64.8 Å². The minimum atomic E-state index is -1.80. The summed E-state index contributed by atoms with van der Waals surface area (Å²) in [5.74, 6) is -25.4. The van der Waals surface area contributed by atoms with Crippen molar-refractivity contribution in [2.75, 3.05) is 80.3 Å². The Morgan fingerprint density at radius 1 is 0.326 bits per heavy atom. The van der Waals surface area contributed by atoms with Gasteiger partial charge in [-0.2, -0.15) is 0 Å². The van der Waals surface area contributed by atoms with Gasteiger partial charge in [-0.3, -0.25) is 113 Å². The number of hydrogen-bond acceptors (Lipinski definition) is 29. The van der Waals surface area contributed by atoms with Crippen LogP contribution in [0.25, 0.3) is 0 Å². The zero-order valence-corrected chi connectivity index (χ0v) is 82.8. The Kier molecular flexibility index (Phi) is 51.9. The van der Waals surface area contributed by atoms with Gasteiger partial charge in [-0.05, 0) is 101 Å². The average molecular weight is 2050 g/mol.